The fourth-order valence-corrected chi connectivity index (χ4v) is 4.06. The Morgan fingerprint density at radius 2 is 2.16 bits per heavy atom. The van der Waals surface area contributed by atoms with E-state index in [1.165, 1.54) is 11.1 Å². The van der Waals surface area contributed by atoms with Crippen LogP contribution in [0, 0.1) is 0 Å². The van der Waals surface area contributed by atoms with Crippen LogP contribution in [0.5, 0.6) is 0 Å². The van der Waals surface area contributed by atoms with Crippen LogP contribution < -0.4 is 0 Å². The Balaban J connectivity index is 1.42. The van der Waals surface area contributed by atoms with Gasteiger partial charge in [0.2, 0.25) is 0 Å². The Morgan fingerprint density at radius 3 is 2.88 bits per heavy atom. The predicted molar refractivity (Wildman–Crippen MR) is 96.1 cm³/mol. The molecule has 2 aliphatic rings. The third-order valence-corrected chi connectivity index (χ3v) is 5.35. The summed E-state index contributed by atoms with van der Waals surface area (Å²) in [5, 5.41) is 4.39. The molecule has 25 heavy (non-hydrogen) atoms. The SMILES string of the molecule is CCn1cc(CN2C[C@H](OCc3ccccc3)[C@]3(CCCO3)C2)cn1. The van der Waals surface area contributed by atoms with Gasteiger partial charge in [-0.15, -0.1) is 0 Å². The average molecular weight is 341 g/mol. The van der Waals surface area contributed by atoms with Crippen LogP contribution in [0.3, 0.4) is 0 Å². The molecule has 2 aliphatic heterocycles. The van der Waals surface area contributed by atoms with Gasteiger partial charge in [0.05, 0.1) is 12.8 Å². The Labute approximate surface area is 149 Å². The summed E-state index contributed by atoms with van der Waals surface area (Å²) in [7, 11) is 0. The molecule has 2 fully saturated rings. The van der Waals surface area contributed by atoms with E-state index in [4.69, 9.17) is 9.47 Å². The van der Waals surface area contributed by atoms with Crippen molar-refractivity contribution < 1.29 is 9.47 Å². The van der Waals surface area contributed by atoms with Crippen LogP contribution in [-0.2, 0) is 29.2 Å². The van der Waals surface area contributed by atoms with Gasteiger partial charge in [0.15, 0.2) is 0 Å². The largest absolute Gasteiger partial charge is 0.371 e. The van der Waals surface area contributed by atoms with Crippen LogP contribution in [-0.4, -0.2) is 46.1 Å². The van der Waals surface area contributed by atoms with Gasteiger partial charge in [0.1, 0.15) is 11.7 Å². The third kappa shape index (κ3) is 3.64. The fourth-order valence-electron chi connectivity index (χ4n) is 4.06. The molecule has 0 aliphatic carbocycles. The predicted octanol–water partition coefficient (Wildman–Crippen LogP) is 2.85. The third-order valence-electron chi connectivity index (χ3n) is 5.35. The summed E-state index contributed by atoms with van der Waals surface area (Å²) in [6.07, 6.45) is 6.48. The topological polar surface area (TPSA) is 39.5 Å². The quantitative estimate of drug-likeness (QED) is 0.810. The van der Waals surface area contributed by atoms with Gasteiger partial charge in [-0.25, -0.2) is 0 Å². The Bertz CT molecular complexity index is 679. The molecule has 2 aromatic rings. The minimum absolute atomic E-state index is 0.129. The zero-order valence-corrected chi connectivity index (χ0v) is 14.9. The van der Waals surface area contributed by atoms with E-state index in [9.17, 15) is 0 Å². The highest BCUT2D eigenvalue weighted by molar-refractivity contribution is 5.14. The molecule has 0 N–H and O–H groups in total. The monoisotopic (exact) mass is 341 g/mol. The first-order valence-corrected chi connectivity index (χ1v) is 9.30. The molecule has 0 unspecified atom stereocenters. The van der Waals surface area contributed by atoms with E-state index >= 15 is 0 Å². The average Bonchev–Trinajstić information content (AvgIpc) is 3.36. The van der Waals surface area contributed by atoms with Crippen LogP contribution >= 0.6 is 0 Å². The Hall–Kier alpha value is -1.69. The number of hydrogen-bond acceptors (Lipinski definition) is 4. The summed E-state index contributed by atoms with van der Waals surface area (Å²) in [4.78, 5) is 2.46. The van der Waals surface area contributed by atoms with Crippen molar-refractivity contribution in [2.45, 2.75) is 51.2 Å². The van der Waals surface area contributed by atoms with Crippen molar-refractivity contribution in [2.75, 3.05) is 19.7 Å². The molecule has 2 atom stereocenters. The normalized spacial score (nSPS) is 26.7. The maximum atomic E-state index is 6.33. The summed E-state index contributed by atoms with van der Waals surface area (Å²) < 4.78 is 14.5. The molecule has 1 aromatic carbocycles. The first-order valence-electron chi connectivity index (χ1n) is 9.30. The Morgan fingerprint density at radius 1 is 1.28 bits per heavy atom. The molecular formula is C20H27N3O2. The minimum Gasteiger partial charge on any atom is -0.371 e. The van der Waals surface area contributed by atoms with Crippen molar-refractivity contribution in [2.24, 2.45) is 0 Å². The maximum Gasteiger partial charge on any atom is 0.108 e. The van der Waals surface area contributed by atoms with E-state index in [0.717, 1.165) is 45.6 Å². The van der Waals surface area contributed by atoms with Gasteiger partial charge < -0.3 is 9.47 Å². The van der Waals surface area contributed by atoms with Crippen molar-refractivity contribution in [3.05, 3.63) is 53.9 Å². The molecule has 134 valence electrons. The number of rotatable bonds is 6. The first-order chi connectivity index (χ1) is 12.3. The van der Waals surface area contributed by atoms with Gasteiger partial charge in [0.25, 0.3) is 0 Å². The fraction of sp³-hybridized carbons (Fsp3) is 0.550. The summed E-state index contributed by atoms with van der Waals surface area (Å²) in [6, 6.07) is 10.4. The molecule has 0 radical (unpaired) electrons. The number of likely N-dealkylation sites (tertiary alicyclic amines) is 1. The van der Waals surface area contributed by atoms with Crippen molar-refractivity contribution in [3.63, 3.8) is 0 Å². The van der Waals surface area contributed by atoms with Crippen molar-refractivity contribution in [3.8, 4) is 0 Å². The highest BCUT2D eigenvalue weighted by Gasteiger charge is 2.50. The van der Waals surface area contributed by atoms with E-state index in [0.29, 0.717) is 6.61 Å². The van der Waals surface area contributed by atoms with Gasteiger partial charge in [-0.2, -0.15) is 5.10 Å². The van der Waals surface area contributed by atoms with E-state index < -0.39 is 0 Å². The molecule has 2 saturated heterocycles. The molecule has 1 aromatic heterocycles. The summed E-state index contributed by atoms with van der Waals surface area (Å²) in [6.45, 7) is 7.31. The number of aromatic nitrogens is 2. The van der Waals surface area contributed by atoms with Gasteiger partial charge >= 0.3 is 0 Å². The van der Waals surface area contributed by atoms with Gasteiger partial charge in [-0.05, 0) is 25.3 Å². The van der Waals surface area contributed by atoms with E-state index in [2.05, 4.69) is 47.4 Å². The molecule has 0 saturated carbocycles. The van der Waals surface area contributed by atoms with Crippen molar-refractivity contribution in [1.29, 1.82) is 0 Å². The van der Waals surface area contributed by atoms with Gasteiger partial charge in [-0.3, -0.25) is 9.58 Å². The summed E-state index contributed by atoms with van der Waals surface area (Å²) in [5.41, 5.74) is 2.35. The molecule has 5 heteroatoms. The number of aryl methyl sites for hydroxylation is 1. The number of ether oxygens (including phenoxy) is 2. The lowest BCUT2D eigenvalue weighted by molar-refractivity contribution is -0.0959. The van der Waals surface area contributed by atoms with Crippen LogP contribution in [0.2, 0.25) is 0 Å². The summed E-state index contributed by atoms with van der Waals surface area (Å²) in [5.74, 6) is 0. The van der Waals surface area contributed by atoms with Gasteiger partial charge in [0, 0.05) is 44.5 Å². The lowest BCUT2D eigenvalue weighted by Gasteiger charge is -2.29. The second-order valence-electron chi connectivity index (χ2n) is 7.18. The smallest absolute Gasteiger partial charge is 0.108 e. The molecule has 4 rings (SSSR count). The highest BCUT2D eigenvalue weighted by Crippen LogP contribution is 2.37. The second-order valence-corrected chi connectivity index (χ2v) is 7.18. The summed E-state index contributed by atoms with van der Waals surface area (Å²) >= 11 is 0. The number of hydrogen-bond donors (Lipinski definition) is 0. The number of nitrogens with zero attached hydrogens (tertiary/aromatic N) is 3. The zero-order valence-electron chi connectivity index (χ0n) is 14.9. The van der Waals surface area contributed by atoms with Crippen LogP contribution in [0.1, 0.15) is 30.9 Å². The van der Waals surface area contributed by atoms with E-state index in [-0.39, 0.29) is 11.7 Å². The molecular weight excluding hydrogens is 314 g/mol. The number of benzene rings is 1. The van der Waals surface area contributed by atoms with Crippen molar-refractivity contribution >= 4 is 0 Å². The molecule has 0 amide bonds. The lowest BCUT2D eigenvalue weighted by atomic mass is 9.96. The minimum atomic E-state index is -0.129. The first kappa shape index (κ1) is 16.8. The molecule has 0 bridgehead atoms. The standard InChI is InChI=1S/C20H27N3O2/c1-2-23-13-18(11-21-23)12-22-14-19(20(16-22)9-6-10-25-20)24-15-17-7-4-3-5-8-17/h3-5,7-8,11,13,19H,2,6,9-10,12,14-16H2,1H3/t19-,20-/m0/s1. The molecule has 1 spiro atoms. The van der Waals surface area contributed by atoms with E-state index in [1.54, 1.807) is 0 Å². The Kier molecular flexibility index (Phi) is 4.88. The zero-order chi connectivity index (χ0) is 17.1. The highest BCUT2D eigenvalue weighted by atomic mass is 16.6. The van der Waals surface area contributed by atoms with Crippen molar-refractivity contribution in [1.82, 2.24) is 14.7 Å². The van der Waals surface area contributed by atoms with Crippen LogP contribution in [0.15, 0.2) is 42.7 Å². The van der Waals surface area contributed by atoms with E-state index in [1.807, 2.05) is 16.9 Å². The van der Waals surface area contributed by atoms with Crippen LogP contribution in [0.25, 0.3) is 0 Å². The van der Waals surface area contributed by atoms with Gasteiger partial charge in [-0.1, -0.05) is 30.3 Å². The molecule has 3 heterocycles. The lowest BCUT2D eigenvalue weighted by Crippen LogP contribution is -2.42. The second kappa shape index (κ2) is 7.28. The molecule has 5 nitrogen and oxygen atoms in total. The van der Waals surface area contributed by atoms with Crippen LogP contribution in [0.4, 0.5) is 0 Å². The maximum absolute atomic E-state index is 6.33.